The van der Waals surface area contributed by atoms with Crippen LogP contribution in [0.3, 0.4) is 0 Å². The minimum absolute atomic E-state index is 0.0996. The van der Waals surface area contributed by atoms with Crippen LogP contribution < -0.4 is 0 Å². The molecule has 5 heteroatoms. The van der Waals surface area contributed by atoms with Crippen molar-refractivity contribution in [3.8, 4) is 0 Å². The van der Waals surface area contributed by atoms with E-state index in [2.05, 4.69) is 41.5 Å². The van der Waals surface area contributed by atoms with E-state index in [1.807, 2.05) is 0 Å². The first kappa shape index (κ1) is 27.0. The Kier molecular flexibility index (Phi) is 11.2. The maximum atomic E-state index is 10.4. The molecule has 7 unspecified atom stereocenters. The van der Waals surface area contributed by atoms with Crippen LogP contribution in [0.4, 0.5) is 0 Å². The molecular formula is C26H50O5. The first-order chi connectivity index (χ1) is 14.6. The second-order valence-corrected chi connectivity index (χ2v) is 11.4. The van der Waals surface area contributed by atoms with Gasteiger partial charge in [-0.05, 0) is 61.2 Å². The normalized spacial score (nSPS) is 34.3. The van der Waals surface area contributed by atoms with Crippen LogP contribution >= 0.6 is 0 Å². The van der Waals surface area contributed by atoms with E-state index in [1.54, 1.807) is 0 Å². The monoisotopic (exact) mass is 442 g/mol. The zero-order valence-corrected chi connectivity index (χ0v) is 21.0. The van der Waals surface area contributed by atoms with Gasteiger partial charge in [0.1, 0.15) is 12.2 Å². The van der Waals surface area contributed by atoms with Crippen LogP contribution in [-0.2, 0) is 14.2 Å². The van der Waals surface area contributed by atoms with Gasteiger partial charge in [0.25, 0.3) is 0 Å². The van der Waals surface area contributed by atoms with Gasteiger partial charge in [-0.25, -0.2) is 0 Å². The fraction of sp³-hybridized carbons (Fsp3) is 1.00. The summed E-state index contributed by atoms with van der Waals surface area (Å²) in [6.45, 7) is 14.5. The Morgan fingerprint density at radius 3 is 2.39 bits per heavy atom. The van der Waals surface area contributed by atoms with E-state index in [4.69, 9.17) is 14.2 Å². The third-order valence-corrected chi connectivity index (χ3v) is 8.07. The highest BCUT2D eigenvalue weighted by molar-refractivity contribution is 4.86. The molecule has 0 heterocycles. The molecule has 7 atom stereocenters. The summed E-state index contributed by atoms with van der Waals surface area (Å²) in [7, 11) is 0. The second kappa shape index (κ2) is 12.9. The van der Waals surface area contributed by atoms with Gasteiger partial charge in [-0.3, -0.25) is 0 Å². The van der Waals surface area contributed by atoms with E-state index < -0.39 is 12.2 Å². The van der Waals surface area contributed by atoms with Crippen LogP contribution in [0.1, 0.15) is 86.5 Å². The number of hydrogen-bond donors (Lipinski definition) is 2. The fourth-order valence-corrected chi connectivity index (χ4v) is 5.36. The second-order valence-electron chi connectivity index (χ2n) is 11.4. The Bertz CT molecular complexity index is 496. The summed E-state index contributed by atoms with van der Waals surface area (Å²) in [6, 6.07) is 0. The molecule has 0 aromatic carbocycles. The van der Waals surface area contributed by atoms with Crippen LogP contribution in [0.15, 0.2) is 0 Å². The van der Waals surface area contributed by atoms with E-state index in [1.165, 1.54) is 25.7 Å². The minimum atomic E-state index is -0.681. The molecule has 31 heavy (non-hydrogen) atoms. The lowest BCUT2D eigenvalue weighted by atomic mass is 9.67. The molecule has 0 aliphatic heterocycles. The van der Waals surface area contributed by atoms with Crippen LogP contribution in [0.2, 0.25) is 0 Å². The van der Waals surface area contributed by atoms with Crippen molar-refractivity contribution >= 4 is 0 Å². The number of aliphatic hydroxyl groups excluding tert-OH is 2. The Morgan fingerprint density at radius 1 is 1.00 bits per heavy atom. The molecule has 0 aromatic heterocycles. The van der Waals surface area contributed by atoms with E-state index >= 15 is 0 Å². The van der Waals surface area contributed by atoms with Crippen molar-refractivity contribution in [1.29, 1.82) is 0 Å². The van der Waals surface area contributed by atoms with Crippen molar-refractivity contribution in [3.63, 3.8) is 0 Å². The molecule has 184 valence electrons. The Labute approximate surface area is 191 Å². The molecule has 0 aromatic rings. The number of ether oxygens (including phenoxy) is 3. The van der Waals surface area contributed by atoms with Crippen molar-refractivity contribution in [2.24, 2.45) is 29.1 Å². The van der Waals surface area contributed by atoms with Gasteiger partial charge in [0.15, 0.2) is 0 Å². The standard InChI is InChI=1S/C26H50O5/c1-18(2)24-10-9-20(5)12-25(24)31-17-23(14-27)30-16-21(28)15-29-22-8-7-11-26(6,13-22)19(3)4/h18-25,27-28H,7-17H2,1-6H3. The number of aliphatic hydroxyl groups is 2. The molecule has 2 aliphatic carbocycles. The summed E-state index contributed by atoms with van der Waals surface area (Å²) >= 11 is 0. The number of rotatable bonds is 12. The molecule has 0 spiro atoms. The van der Waals surface area contributed by atoms with Crippen LogP contribution in [-0.4, -0.2) is 61.1 Å². The fourth-order valence-electron chi connectivity index (χ4n) is 5.36. The van der Waals surface area contributed by atoms with Crippen molar-refractivity contribution < 1.29 is 24.4 Å². The predicted molar refractivity (Wildman–Crippen MR) is 125 cm³/mol. The first-order valence-electron chi connectivity index (χ1n) is 12.8. The van der Waals surface area contributed by atoms with Crippen molar-refractivity contribution in [3.05, 3.63) is 0 Å². The molecular weight excluding hydrogens is 392 g/mol. The molecule has 2 aliphatic rings. The maximum Gasteiger partial charge on any atom is 0.104 e. The molecule has 0 radical (unpaired) electrons. The lowest BCUT2D eigenvalue weighted by molar-refractivity contribution is -0.121. The van der Waals surface area contributed by atoms with Crippen molar-refractivity contribution in [1.82, 2.24) is 0 Å². The highest BCUT2D eigenvalue weighted by Gasteiger charge is 2.35. The molecule has 2 N–H and O–H groups in total. The summed E-state index contributed by atoms with van der Waals surface area (Å²) in [4.78, 5) is 0. The van der Waals surface area contributed by atoms with Gasteiger partial charge in [-0.1, -0.05) is 54.4 Å². The van der Waals surface area contributed by atoms with Gasteiger partial charge < -0.3 is 24.4 Å². The quantitative estimate of drug-likeness (QED) is 0.453. The predicted octanol–water partition coefficient (Wildman–Crippen LogP) is 4.82. The average molecular weight is 443 g/mol. The van der Waals surface area contributed by atoms with E-state index in [9.17, 15) is 10.2 Å². The zero-order valence-electron chi connectivity index (χ0n) is 21.0. The molecule has 2 saturated carbocycles. The van der Waals surface area contributed by atoms with Gasteiger partial charge in [0.2, 0.25) is 0 Å². The van der Waals surface area contributed by atoms with E-state index in [0.29, 0.717) is 35.7 Å². The van der Waals surface area contributed by atoms with E-state index in [0.717, 1.165) is 19.3 Å². The summed E-state index contributed by atoms with van der Waals surface area (Å²) in [5.41, 5.74) is 0.328. The third kappa shape index (κ3) is 8.58. The van der Waals surface area contributed by atoms with E-state index in [-0.39, 0.29) is 32.0 Å². The van der Waals surface area contributed by atoms with Gasteiger partial charge in [-0.2, -0.15) is 0 Å². The van der Waals surface area contributed by atoms with Gasteiger partial charge in [-0.15, -0.1) is 0 Å². The molecule has 0 amide bonds. The Balaban J connectivity index is 1.70. The Hall–Kier alpha value is -0.200. The summed E-state index contributed by atoms with van der Waals surface area (Å²) in [5.74, 6) is 2.49. The summed E-state index contributed by atoms with van der Waals surface area (Å²) < 4.78 is 18.0. The Morgan fingerprint density at radius 2 is 1.74 bits per heavy atom. The molecule has 0 saturated heterocycles. The van der Waals surface area contributed by atoms with Gasteiger partial charge in [0.05, 0.1) is 38.6 Å². The number of hydrogen-bond acceptors (Lipinski definition) is 5. The lowest BCUT2D eigenvalue weighted by Crippen LogP contribution is -2.38. The van der Waals surface area contributed by atoms with Crippen molar-refractivity contribution in [2.75, 3.05) is 26.4 Å². The van der Waals surface area contributed by atoms with Gasteiger partial charge in [0, 0.05) is 0 Å². The van der Waals surface area contributed by atoms with Gasteiger partial charge >= 0.3 is 0 Å². The average Bonchev–Trinajstić information content (AvgIpc) is 2.72. The highest BCUT2D eigenvalue weighted by atomic mass is 16.6. The lowest BCUT2D eigenvalue weighted by Gasteiger charge is -2.41. The summed E-state index contributed by atoms with van der Waals surface area (Å²) in [5, 5.41) is 20.1. The molecule has 2 fully saturated rings. The molecule has 2 rings (SSSR count). The first-order valence-corrected chi connectivity index (χ1v) is 12.8. The topological polar surface area (TPSA) is 68.2 Å². The molecule has 5 nitrogen and oxygen atoms in total. The third-order valence-electron chi connectivity index (χ3n) is 8.07. The largest absolute Gasteiger partial charge is 0.394 e. The van der Waals surface area contributed by atoms with Crippen LogP contribution in [0, 0.1) is 29.1 Å². The van der Waals surface area contributed by atoms with Crippen LogP contribution in [0.5, 0.6) is 0 Å². The minimum Gasteiger partial charge on any atom is -0.394 e. The SMILES string of the molecule is CC1CCC(C(C)C)C(OCC(CO)OCC(O)COC2CCCC(C)(C(C)C)C2)C1. The molecule has 0 bridgehead atoms. The van der Waals surface area contributed by atoms with Crippen LogP contribution in [0.25, 0.3) is 0 Å². The zero-order chi connectivity index (χ0) is 23.0. The van der Waals surface area contributed by atoms with Crippen molar-refractivity contribution in [2.45, 2.75) is 111 Å². The summed E-state index contributed by atoms with van der Waals surface area (Å²) in [6.07, 6.45) is 7.49. The smallest absolute Gasteiger partial charge is 0.104 e. The highest BCUT2D eigenvalue weighted by Crippen LogP contribution is 2.42. The maximum absolute atomic E-state index is 10.4.